The number of aryl methyl sites for hydroxylation is 1. The van der Waals surface area contributed by atoms with Crippen LogP contribution in [0.15, 0.2) is 12.1 Å². The Kier molecular flexibility index (Phi) is 4.61. The Bertz CT molecular complexity index is 431. The topological polar surface area (TPSA) is 88.3 Å². The molecule has 100 valence electrons. The van der Waals surface area contributed by atoms with Crippen LogP contribution < -0.4 is 5.32 Å². The molecule has 1 aromatic rings. The van der Waals surface area contributed by atoms with Crippen LogP contribution in [0, 0.1) is 17.0 Å². The van der Waals surface area contributed by atoms with Gasteiger partial charge in [-0.3, -0.25) is 10.1 Å². The molecule has 1 aromatic heterocycles. The third-order valence-electron chi connectivity index (χ3n) is 3.11. The highest BCUT2D eigenvalue weighted by atomic mass is 16.6. The van der Waals surface area contributed by atoms with Crippen molar-refractivity contribution >= 4 is 11.5 Å². The van der Waals surface area contributed by atoms with Gasteiger partial charge in [0.25, 0.3) is 0 Å². The summed E-state index contributed by atoms with van der Waals surface area (Å²) in [7, 11) is 0. The van der Waals surface area contributed by atoms with Crippen LogP contribution in [-0.2, 0) is 0 Å². The van der Waals surface area contributed by atoms with Gasteiger partial charge in [0.2, 0.25) is 5.82 Å². The molecule has 0 aromatic carbocycles. The number of rotatable bonds is 6. The van der Waals surface area contributed by atoms with E-state index < -0.39 is 10.5 Å². The monoisotopic (exact) mass is 253 g/mol. The lowest BCUT2D eigenvalue weighted by Crippen LogP contribution is -2.35. The van der Waals surface area contributed by atoms with E-state index >= 15 is 0 Å². The van der Waals surface area contributed by atoms with E-state index in [1.54, 1.807) is 13.0 Å². The number of hydrogen-bond donors (Lipinski definition) is 2. The molecule has 0 aliphatic heterocycles. The Labute approximate surface area is 106 Å². The van der Waals surface area contributed by atoms with E-state index in [0.29, 0.717) is 18.5 Å². The van der Waals surface area contributed by atoms with E-state index in [-0.39, 0.29) is 18.1 Å². The van der Waals surface area contributed by atoms with Gasteiger partial charge >= 0.3 is 5.69 Å². The van der Waals surface area contributed by atoms with Crippen LogP contribution in [0.3, 0.4) is 0 Å². The van der Waals surface area contributed by atoms with Gasteiger partial charge in [0.15, 0.2) is 0 Å². The Morgan fingerprint density at radius 2 is 2.06 bits per heavy atom. The van der Waals surface area contributed by atoms with Gasteiger partial charge in [0.05, 0.1) is 10.5 Å². The number of nitrogens with one attached hydrogen (secondary N) is 1. The lowest BCUT2D eigenvalue weighted by molar-refractivity contribution is -0.384. The number of pyridine rings is 1. The van der Waals surface area contributed by atoms with Crippen LogP contribution in [0.4, 0.5) is 11.5 Å². The molecule has 0 aliphatic carbocycles. The van der Waals surface area contributed by atoms with Crippen molar-refractivity contribution in [2.75, 3.05) is 11.9 Å². The first-order valence-corrected chi connectivity index (χ1v) is 6.00. The SMILES string of the molecule is CCC(O)(CC)CNc1nc(C)ccc1[N+](=O)[O-]. The minimum Gasteiger partial charge on any atom is -0.388 e. The van der Waals surface area contributed by atoms with Gasteiger partial charge in [-0.15, -0.1) is 0 Å². The molecule has 6 heteroatoms. The normalized spacial score (nSPS) is 11.3. The zero-order valence-electron chi connectivity index (χ0n) is 10.9. The minimum absolute atomic E-state index is 0.0739. The molecule has 1 heterocycles. The van der Waals surface area contributed by atoms with Gasteiger partial charge in [0, 0.05) is 18.3 Å². The molecule has 0 radical (unpaired) electrons. The third-order valence-corrected chi connectivity index (χ3v) is 3.11. The highest BCUT2D eigenvalue weighted by molar-refractivity contribution is 5.56. The van der Waals surface area contributed by atoms with Gasteiger partial charge in [0.1, 0.15) is 0 Å². The number of aromatic nitrogens is 1. The van der Waals surface area contributed by atoms with Crippen LogP contribution in [0.25, 0.3) is 0 Å². The smallest absolute Gasteiger partial charge is 0.311 e. The summed E-state index contributed by atoms with van der Waals surface area (Å²) in [4.78, 5) is 14.5. The highest BCUT2D eigenvalue weighted by Crippen LogP contribution is 2.23. The zero-order valence-corrected chi connectivity index (χ0v) is 10.9. The fraction of sp³-hybridized carbons (Fsp3) is 0.583. The summed E-state index contributed by atoms with van der Waals surface area (Å²) in [6, 6.07) is 3.01. The maximum atomic E-state index is 10.9. The molecular weight excluding hydrogens is 234 g/mol. The van der Waals surface area contributed by atoms with Crippen molar-refractivity contribution < 1.29 is 10.0 Å². The first-order chi connectivity index (χ1) is 8.41. The fourth-order valence-corrected chi connectivity index (χ4v) is 1.58. The van der Waals surface area contributed by atoms with Crippen molar-refractivity contribution in [1.82, 2.24) is 4.98 Å². The van der Waals surface area contributed by atoms with E-state index in [1.807, 2.05) is 13.8 Å². The Balaban J connectivity index is 2.90. The molecular formula is C12H19N3O3. The standard InChI is InChI=1S/C12H19N3O3/c1-4-12(16,5-2)8-13-11-10(15(17)18)7-6-9(3)14-11/h6-7,16H,4-5,8H2,1-3H3,(H,13,14). The predicted molar refractivity (Wildman–Crippen MR) is 69.6 cm³/mol. The van der Waals surface area contributed by atoms with Crippen molar-refractivity contribution in [3.63, 3.8) is 0 Å². The molecule has 0 spiro atoms. The molecule has 0 amide bonds. The first kappa shape index (κ1) is 14.4. The number of nitro groups is 1. The van der Waals surface area contributed by atoms with E-state index in [4.69, 9.17) is 0 Å². The summed E-state index contributed by atoms with van der Waals surface area (Å²) >= 11 is 0. The van der Waals surface area contributed by atoms with Gasteiger partial charge in [-0.25, -0.2) is 4.98 Å². The van der Waals surface area contributed by atoms with Crippen molar-refractivity contribution in [2.24, 2.45) is 0 Å². The molecule has 2 N–H and O–H groups in total. The quantitative estimate of drug-likeness (QED) is 0.599. The van der Waals surface area contributed by atoms with Crippen LogP contribution in [0.2, 0.25) is 0 Å². The second kappa shape index (κ2) is 5.77. The van der Waals surface area contributed by atoms with E-state index in [1.165, 1.54) is 6.07 Å². The Morgan fingerprint density at radius 1 is 1.44 bits per heavy atom. The van der Waals surface area contributed by atoms with Crippen molar-refractivity contribution in [2.45, 2.75) is 39.2 Å². The second-order valence-electron chi connectivity index (χ2n) is 4.36. The summed E-state index contributed by atoms with van der Waals surface area (Å²) in [6.07, 6.45) is 1.16. The molecule has 6 nitrogen and oxygen atoms in total. The molecule has 0 fully saturated rings. The maximum absolute atomic E-state index is 10.9. The molecule has 18 heavy (non-hydrogen) atoms. The van der Waals surface area contributed by atoms with Gasteiger partial charge in [-0.2, -0.15) is 0 Å². The number of anilines is 1. The molecule has 1 rings (SSSR count). The van der Waals surface area contributed by atoms with Crippen LogP contribution in [0.5, 0.6) is 0 Å². The molecule has 0 atom stereocenters. The van der Waals surface area contributed by atoms with Gasteiger partial charge in [-0.05, 0) is 25.8 Å². The van der Waals surface area contributed by atoms with Crippen LogP contribution in [0.1, 0.15) is 32.4 Å². The summed E-state index contributed by atoms with van der Waals surface area (Å²) in [5, 5.41) is 23.9. The second-order valence-corrected chi connectivity index (χ2v) is 4.36. The number of aliphatic hydroxyl groups is 1. The summed E-state index contributed by atoms with van der Waals surface area (Å²) in [5.41, 5.74) is -0.242. The summed E-state index contributed by atoms with van der Waals surface area (Å²) in [5.74, 6) is 0.209. The molecule has 0 bridgehead atoms. The molecule has 0 aliphatic rings. The average Bonchev–Trinajstić information content (AvgIpc) is 2.35. The fourth-order valence-electron chi connectivity index (χ4n) is 1.58. The van der Waals surface area contributed by atoms with E-state index in [0.717, 1.165) is 0 Å². The number of nitrogens with zero attached hydrogens (tertiary/aromatic N) is 2. The predicted octanol–water partition coefficient (Wildman–Crippen LogP) is 2.26. The van der Waals surface area contributed by atoms with Crippen molar-refractivity contribution in [3.05, 3.63) is 27.9 Å². The van der Waals surface area contributed by atoms with E-state index in [9.17, 15) is 15.2 Å². The maximum Gasteiger partial charge on any atom is 0.311 e. The molecule has 0 saturated heterocycles. The Hall–Kier alpha value is -1.69. The lowest BCUT2D eigenvalue weighted by Gasteiger charge is -2.25. The van der Waals surface area contributed by atoms with Crippen LogP contribution in [-0.4, -0.2) is 27.2 Å². The van der Waals surface area contributed by atoms with Crippen LogP contribution >= 0.6 is 0 Å². The molecule has 0 saturated carbocycles. The Morgan fingerprint density at radius 3 is 2.56 bits per heavy atom. The van der Waals surface area contributed by atoms with E-state index in [2.05, 4.69) is 10.3 Å². The number of hydrogen-bond acceptors (Lipinski definition) is 5. The van der Waals surface area contributed by atoms with Gasteiger partial charge in [-0.1, -0.05) is 13.8 Å². The first-order valence-electron chi connectivity index (χ1n) is 6.00. The van der Waals surface area contributed by atoms with Crippen molar-refractivity contribution in [1.29, 1.82) is 0 Å². The summed E-state index contributed by atoms with van der Waals surface area (Å²) in [6.45, 7) is 5.77. The summed E-state index contributed by atoms with van der Waals surface area (Å²) < 4.78 is 0. The molecule has 0 unspecified atom stereocenters. The zero-order chi connectivity index (χ0) is 13.8. The lowest BCUT2D eigenvalue weighted by atomic mass is 9.98. The van der Waals surface area contributed by atoms with Gasteiger partial charge < -0.3 is 10.4 Å². The largest absolute Gasteiger partial charge is 0.388 e. The minimum atomic E-state index is -0.862. The van der Waals surface area contributed by atoms with Crippen molar-refractivity contribution in [3.8, 4) is 0 Å². The average molecular weight is 253 g/mol. The third kappa shape index (κ3) is 3.40. The highest BCUT2D eigenvalue weighted by Gasteiger charge is 2.24.